The molecule has 0 saturated carbocycles. The molecular weight excluding hydrogens is 202 g/mol. The van der Waals surface area contributed by atoms with Gasteiger partial charge in [0.15, 0.2) is 11.5 Å². The van der Waals surface area contributed by atoms with Gasteiger partial charge >= 0.3 is 6.03 Å². The van der Waals surface area contributed by atoms with E-state index in [1.54, 1.807) is 6.07 Å². The van der Waals surface area contributed by atoms with E-state index in [0.29, 0.717) is 5.65 Å². The van der Waals surface area contributed by atoms with Gasteiger partial charge < -0.3 is 5.73 Å². The lowest BCUT2D eigenvalue weighted by Gasteiger charge is -1.91. The molecule has 0 bridgehead atoms. The Kier molecular flexibility index (Phi) is 2.15. The fourth-order valence-corrected chi connectivity index (χ4v) is 0.819. The largest absolute Gasteiger partial charge is 0.350 e. The smallest absolute Gasteiger partial charge is 0.333 e. The number of hydrogen-bond acceptors (Lipinski definition) is 7. The van der Waals surface area contributed by atoms with Crippen LogP contribution in [-0.4, -0.2) is 31.3 Å². The van der Waals surface area contributed by atoms with E-state index in [4.69, 9.17) is 5.73 Å². The van der Waals surface area contributed by atoms with Crippen molar-refractivity contribution >= 4 is 17.5 Å². The fourth-order valence-electron chi connectivity index (χ4n) is 0.819. The minimum Gasteiger partial charge on any atom is -0.350 e. The third kappa shape index (κ3) is 1.99. The van der Waals surface area contributed by atoms with Gasteiger partial charge in [-0.05, 0) is 22.6 Å². The minimum absolute atomic E-state index is 0.239. The van der Waals surface area contributed by atoms with E-state index in [-0.39, 0.29) is 5.82 Å². The number of tetrazole rings is 1. The number of aromatic nitrogens is 5. The molecule has 3 N–H and O–H groups in total. The molecule has 0 aromatic carbocycles. The maximum atomic E-state index is 10.3. The first-order valence-electron chi connectivity index (χ1n) is 3.77. The molecule has 2 heterocycles. The SMILES string of the molecule is NC(=O)NN=Nc1ccc2nnnn2n1. The van der Waals surface area contributed by atoms with Gasteiger partial charge in [-0.3, -0.25) is 0 Å². The number of carbonyl (C=O) groups excluding carboxylic acids is 1. The Morgan fingerprint density at radius 1 is 1.53 bits per heavy atom. The number of hydrogen-bond donors (Lipinski definition) is 2. The number of carbonyl (C=O) groups is 1. The highest BCUT2D eigenvalue weighted by Crippen LogP contribution is 2.06. The zero-order chi connectivity index (χ0) is 10.7. The molecule has 76 valence electrons. The summed E-state index contributed by atoms with van der Waals surface area (Å²) in [4.78, 5) is 10.3. The molecule has 15 heavy (non-hydrogen) atoms. The number of amides is 2. The van der Waals surface area contributed by atoms with Crippen molar-refractivity contribution in [3.8, 4) is 0 Å². The van der Waals surface area contributed by atoms with Crippen LogP contribution in [0.2, 0.25) is 0 Å². The normalized spacial score (nSPS) is 10.9. The van der Waals surface area contributed by atoms with Crippen LogP contribution in [0.3, 0.4) is 0 Å². The van der Waals surface area contributed by atoms with Crippen LogP contribution in [0.5, 0.6) is 0 Å². The monoisotopic (exact) mass is 207 g/mol. The molecule has 0 unspecified atom stereocenters. The van der Waals surface area contributed by atoms with Crippen LogP contribution < -0.4 is 11.2 Å². The third-order valence-electron chi connectivity index (χ3n) is 1.37. The summed E-state index contributed by atoms with van der Waals surface area (Å²) in [5, 5.41) is 21.3. The van der Waals surface area contributed by atoms with Gasteiger partial charge in [0.05, 0.1) is 0 Å². The molecule has 2 rings (SSSR count). The highest BCUT2D eigenvalue weighted by Gasteiger charge is 1.98. The predicted molar refractivity (Wildman–Crippen MR) is 45.8 cm³/mol. The second-order valence-corrected chi connectivity index (χ2v) is 2.39. The Bertz CT molecular complexity index is 516. The van der Waals surface area contributed by atoms with E-state index in [0.717, 1.165) is 0 Å². The molecule has 2 amide bonds. The summed E-state index contributed by atoms with van der Waals surface area (Å²) in [7, 11) is 0. The van der Waals surface area contributed by atoms with Gasteiger partial charge in [-0.2, -0.15) is 0 Å². The Hall–Kier alpha value is -2.65. The number of urea groups is 1. The van der Waals surface area contributed by atoms with Gasteiger partial charge in [-0.1, -0.05) is 5.22 Å². The lowest BCUT2D eigenvalue weighted by molar-refractivity contribution is 0.249. The lowest BCUT2D eigenvalue weighted by atomic mass is 10.5. The molecule has 0 aliphatic heterocycles. The number of nitrogens with one attached hydrogen (secondary N) is 1. The second kappa shape index (κ2) is 3.61. The Balaban J connectivity index is 2.21. The average Bonchev–Trinajstić information content (AvgIpc) is 2.64. The van der Waals surface area contributed by atoms with E-state index in [1.807, 2.05) is 5.43 Å². The van der Waals surface area contributed by atoms with Crippen LogP contribution in [0.25, 0.3) is 5.65 Å². The van der Waals surface area contributed by atoms with Crippen LogP contribution in [-0.2, 0) is 0 Å². The Morgan fingerprint density at radius 3 is 3.20 bits per heavy atom. The minimum atomic E-state index is -0.803. The molecule has 0 saturated heterocycles. The molecule has 0 fully saturated rings. The molecule has 0 spiro atoms. The molecular formula is C5H5N9O. The third-order valence-corrected chi connectivity index (χ3v) is 1.37. The molecule has 2 aromatic heterocycles. The number of primary amides is 1. The van der Waals surface area contributed by atoms with E-state index in [2.05, 4.69) is 31.0 Å². The van der Waals surface area contributed by atoms with Crippen molar-refractivity contribution < 1.29 is 4.79 Å². The fraction of sp³-hybridized carbons (Fsp3) is 0. The topological polar surface area (TPSA) is 136 Å². The zero-order valence-corrected chi connectivity index (χ0v) is 7.27. The lowest BCUT2D eigenvalue weighted by Crippen LogP contribution is -2.23. The molecule has 0 aliphatic carbocycles. The van der Waals surface area contributed by atoms with Gasteiger partial charge in [0.1, 0.15) is 0 Å². The zero-order valence-electron chi connectivity index (χ0n) is 7.27. The molecule has 10 nitrogen and oxygen atoms in total. The summed E-state index contributed by atoms with van der Waals surface area (Å²) < 4.78 is 1.18. The van der Waals surface area contributed by atoms with Crippen molar-refractivity contribution in [1.29, 1.82) is 0 Å². The second-order valence-electron chi connectivity index (χ2n) is 2.39. The number of rotatable bonds is 2. The van der Waals surface area contributed by atoms with E-state index < -0.39 is 6.03 Å². The summed E-state index contributed by atoms with van der Waals surface area (Å²) in [6.45, 7) is 0. The first-order chi connectivity index (χ1) is 7.25. The van der Waals surface area contributed by atoms with Gasteiger partial charge in [-0.25, -0.2) is 10.2 Å². The standard InChI is InChI=1S/C5H5N9O/c6-5(15)9-11-7-3-1-2-4-8-12-13-14(4)10-3/h1-2H,(H3,6,7,9,10,15). The highest BCUT2D eigenvalue weighted by molar-refractivity contribution is 5.70. The predicted octanol–water partition coefficient (Wildman–Crippen LogP) is -0.814. The number of nitrogens with two attached hydrogens (primary N) is 1. The first kappa shape index (κ1) is 8.93. The van der Waals surface area contributed by atoms with Crippen LogP contribution >= 0.6 is 0 Å². The molecule has 0 radical (unpaired) electrons. The summed E-state index contributed by atoms with van der Waals surface area (Å²) >= 11 is 0. The van der Waals surface area contributed by atoms with Crippen LogP contribution in [0.4, 0.5) is 10.6 Å². The van der Waals surface area contributed by atoms with Crippen molar-refractivity contribution in [2.45, 2.75) is 0 Å². The highest BCUT2D eigenvalue weighted by atomic mass is 16.2. The summed E-state index contributed by atoms with van der Waals surface area (Å²) in [6.07, 6.45) is 0. The van der Waals surface area contributed by atoms with E-state index >= 15 is 0 Å². The number of fused-ring (bicyclic) bond motifs is 1. The average molecular weight is 207 g/mol. The summed E-state index contributed by atoms with van der Waals surface area (Å²) in [5.74, 6) is 0.239. The van der Waals surface area contributed by atoms with Crippen molar-refractivity contribution in [2.75, 3.05) is 0 Å². The van der Waals surface area contributed by atoms with Crippen molar-refractivity contribution in [1.82, 2.24) is 30.7 Å². The maximum Gasteiger partial charge on any atom is 0.333 e. The van der Waals surface area contributed by atoms with Gasteiger partial charge in [0.25, 0.3) is 0 Å². The van der Waals surface area contributed by atoms with Crippen molar-refractivity contribution in [3.63, 3.8) is 0 Å². The van der Waals surface area contributed by atoms with Crippen molar-refractivity contribution in [3.05, 3.63) is 12.1 Å². The van der Waals surface area contributed by atoms with Crippen molar-refractivity contribution in [2.24, 2.45) is 16.1 Å². The molecule has 0 atom stereocenters. The molecule has 10 heteroatoms. The first-order valence-corrected chi connectivity index (χ1v) is 3.77. The number of nitrogens with zero attached hydrogens (tertiary/aromatic N) is 7. The van der Waals surface area contributed by atoms with E-state index in [1.165, 1.54) is 10.7 Å². The summed E-state index contributed by atoms with van der Waals surface area (Å²) in [5.41, 5.74) is 7.18. The van der Waals surface area contributed by atoms with Gasteiger partial charge in [-0.15, -0.1) is 19.9 Å². The Morgan fingerprint density at radius 2 is 2.40 bits per heavy atom. The van der Waals surface area contributed by atoms with Gasteiger partial charge in [0, 0.05) is 0 Å². The molecule has 0 aliphatic rings. The van der Waals surface area contributed by atoms with Gasteiger partial charge in [0.2, 0.25) is 0 Å². The maximum absolute atomic E-state index is 10.3. The summed E-state index contributed by atoms with van der Waals surface area (Å²) in [6, 6.07) is 2.34. The van der Waals surface area contributed by atoms with Crippen LogP contribution in [0.15, 0.2) is 22.5 Å². The Labute approximate surface area is 82.1 Å². The van der Waals surface area contributed by atoms with Crippen LogP contribution in [0.1, 0.15) is 0 Å². The van der Waals surface area contributed by atoms with Crippen LogP contribution in [0, 0.1) is 0 Å². The quantitative estimate of drug-likeness (QED) is 0.490. The van der Waals surface area contributed by atoms with E-state index in [9.17, 15) is 4.79 Å². The molecule has 2 aromatic rings.